The van der Waals surface area contributed by atoms with E-state index in [9.17, 15) is 14.4 Å². The molecule has 4 N–H and O–H groups in total. The summed E-state index contributed by atoms with van der Waals surface area (Å²) in [7, 11) is 0. The molecule has 0 aliphatic carbocycles. The molecule has 90 valence electrons. The third kappa shape index (κ3) is 7.04. The molecule has 0 atom stereocenters. The zero-order valence-corrected chi connectivity index (χ0v) is 9.85. The maximum Gasteiger partial charge on any atom is 0.317 e. The van der Waals surface area contributed by atoms with Crippen LogP contribution in [0.5, 0.6) is 0 Å². The number of hydroxylamine groups is 1. The van der Waals surface area contributed by atoms with E-state index in [1.807, 2.05) is 0 Å². The van der Waals surface area contributed by atoms with Gasteiger partial charge in [-0.2, -0.15) is 0 Å². The van der Waals surface area contributed by atoms with Crippen molar-refractivity contribution >= 4 is 17.8 Å². The predicted molar refractivity (Wildman–Crippen MR) is 42.5 cm³/mol. The van der Waals surface area contributed by atoms with E-state index in [0.717, 1.165) is 0 Å². The Kier molecular flexibility index (Phi) is 9.20. The van der Waals surface area contributed by atoms with Gasteiger partial charge in [-0.05, 0) is 12.8 Å². The molecule has 0 saturated heterocycles. The van der Waals surface area contributed by atoms with Crippen LogP contribution in [0.15, 0.2) is 0 Å². The van der Waals surface area contributed by atoms with Crippen molar-refractivity contribution in [2.75, 3.05) is 0 Å². The molecule has 0 aromatic rings. The van der Waals surface area contributed by atoms with E-state index in [0.29, 0.717) is 0 Å². The Morgan fingerprint density at radius 1 is 1.13 bits per heavy atom. The SMILES string of the molecule is O=C(CCCC(C(=O)O)C(=O)O)NO.[Pt]. The summed E-state index contributed by atoms with van der Waals surface area (Å²) in [5, 5.41) is 25.0. The smallest absolute Gasteiger partial charge is 0.317 e. The van der Waals surface area contributed by atoms with Crippen LogP contribution in [0.3, 0.4) is 0 Å². The fraction of sp³-hybridized carbons (Fsp3) is 0.571. The third-order valence-electron chi connectivity index (χ3n) is 1.62. The molecular weight excluding hydrogens is 389 g/mol. The van der Waals surface area contributed by atoms with Gasteiger partial charge in [0.05, 0.1) is 0 Å². The molecule has 0 rings (SSSR count). The summed E-state index contributed by atoms with van der Waals surface area (Å²) < 4.78 is 0. The van der Waals surface area contributed by atoms with Crippen molar-refractivity contribution < 1.29 is 50.9 Å². The van der Waals surface area contributed by atoms with Gasteiger partial charge in [0.1, 0.15) is 0 Å². The zero-order valence-electron chi connectivity index (χ0n) is 7.58. The molecule has 0 radical (unpaired) electrons. The van der Waals surface area contributed by atoms with Crippen LogP contribution in [0.25, 0.3) is 0 Å². The normalized spacial score (nSPS) is 9.20. The second kappa shape index (κ2) is 8.37. The first-order chi connectivity index (χ1) is 6.49. The molecule has 1 amide bonds. The van der Waals surface area contributed by atoms with Gasteiger partial charge >= 0.3 is 11.9 Å². The van der Waals surface area contributed by atoms with Gasteiger partial charge in [-0.15, -0.1) is 0 Å². The molecule has 0 fully saturated rings. The van der Waals surface area contributed by atoms with Gasteiger partial charge in [0.2, 0.25) is 5.91 Å². The molecule has 0 aromatic heterocycles. The number of hydrogen-bond acceptors (Lipinski definition) is 4. The monoisotopic (exact) mass is 400 g/mol. The molecule has 0 saturated carbocycles. The van der Waals surface area contributed by atoms with Gasteiger partial charge in [-0.25, -0.2) is 5.48 Å². The van der Waals surface area contributed by atoms with Crippen molar-refractivity contribution in [2.45, 2.75) is 19.3 Å². The molecule has 15 heavy (non-hydrogen) atoms. The maximum absolute atomic E-state index is 10.5. The third-order valence-corrected chi connectivity index (χ3v) is 1.62. The van der Waals surface area contributed by atoms with Crippen LogP contribution in [-0.2, 0) is 35.4 Å². The summed E-state index contributed by atoms with van der Waals surface area (Å²) in [5.41, 5.74) is 1.36. The number of nitrogens with one attached hydrogen (secondary N) is 1. The number of carboxylic acid groups (broad SMARTS) is 2. The number of amides is 1. The molecule has 0 aliphatic heterocycles. The van der Waals surface area contributed by atoms with E-state index in [1.54, 1.807) is 0 Å². The molecule has 0 aromatic carbocycles. The molecule has 0 unspecified atom stereocenters. The van der Waals surface area contributed by atoms with Crippen LogP contribution in [0.4, 0.5) is 0 Å². The van der Waals surface area contributed by atoms with Crippen LogP contribution in [0.1, 0.15) is 19.3 Å². The van der Waals surface area contributed by atoms with E-state index in [4.69, 9.17) is 15.4 Å². The van der Waals surface area contributed by atoms with Crippen molar-refractivity contribution in [3.63, 3.8) is 0 Å². The predicted octanol–water partition coefficient (Wildman–Crippen LogP) is -0.555. The Labute approximate surface area is 99.7 Å². The molecule has 7 nitrogen and oxygen atoms in total. The Morgan fingerprint density at radius 3 is 1.93 bits per heavy atom. The van der Waals surface area contributed by atoms with E-state index in [-0.39, 0.29) is 40.3 Å². The van der Waals surface area contributed by atoms with Crippen molar-refractivity contribution in [2.24, 2.45) is 5.92 Å². The summed E-state index contributed by atoms with van der Waals surface area (Å²) in [6.45, 7) is 0. The summed E-state index contributed by atoms with van der Waals surface area (Å²) in [6.07, 6.45) is -0.151. The van der Waals surface area contributed by atoms with E-state index >= 15 is 0 Å². The van der Waals surface area contributed by atoms with Gasteiger partial charge in [-0.1, -0.05) is 0 Å². The Hall–Kier alpha value is -0.942. The van der Waals surface area contributed by atoms with Crippen molar-refractivity contribution in [1.82, 2.24) is 5.48 Å². The number of hydrogen-bond donors (Lipinski definition) is 4. The summed E-state index contributed by atoms with van der Waals surface area (Å²) in [5.74, 6) is -5.02. The summed E-state index contributed by atoms with van der Waals surface area (Å²) in [4.78, 5) is 31.2. The molecular formula is C7H11NO6Pt. The minimum atomic E-state index is -1.50. The number of rotatable bonds is 6. The van der Waals surface area contributed by atoms with Gasteiger partial charge < -0.3 is 10.2 Å². The van der Waals surface area contributed by atoms with Crippen molar-refractivity contribution in [3.8, 4) is 0 Å². The Bertz CT molecular complexity index is 230. The minimum Gasteiger partial charge on any atom is -0.481 e. The second-order valence-corrected chi connectivity index (χ2v) is 2.66. The number of carbonyl (C=O) groups is 3. The van der Waals surface area contributed by atoms with Gasteiger partial charge in [0.15, 0.2) is 5.92 Å². The van der Waals surface area contributed by atoms with Crippen LogP contribution in [0.2, 0.25) is 0 Å². The van der Waals surface area contributed by atoms with Crippen molar-refractivity contribution in [1.29, 1.82) is 0 Å². The summed E-state index contributed by atoms with van der Waals surface area (Å²) in [6, 6.07) is 0. The molecule has 0 aliphatic rings. The number of carboxylic acids is 2. The fourth-order valence-corrected chi connectivity index (χ4v) is 0.875. The van der Waals surface area contributed by atoms with Crippen LogP contribution >= 0.6 is 0 Å². The number of carbonyl (C=O) groups excluding carboxylic acids is 1. The fourth-order valence-electron chi connectivity index (χ4n) is 0.875. The van der Waals surface area contributed by atoms with Crippen LogP contribution in [0, 0.1) is 5.92 Å². The van der Waals surface area contributed by atoms with Crippen LogP contribution < -0.4 is 5.48 Å². The molecule has 0 spiro atoms. The largest absolute Gasteiger partial charge is 0.481 e. The van der Waals surface area contributed by atoms with Gasteiger partial charge in [0.25, 0.3) is 0 Å². The van der Waals surface area contributed by atoms with Gasteiger partial charge in [-0.3, -0.25) is 19.6 Å². The first kappa shape index (κ1) is 16.5. The first-order valence-electron chi connectivity index (χ1n) is 3.87. The molecule has 8 heteroatoms. The van der Waals surface area contributed by atoms with E-state index < -0.39 is 23.8 Å². The van der Waals surface area contributed by atoms with Gasteiger partial charge in [0, 0.05) is 27.5 Å². The topological polar surface area (TPSA) is 124 Å². The Balaban J connectivity index is 0. The average Bonchev–Trinajstić information content (AvgIpc) is 2.10. The second-order valence-electron chi connectivity index (χ2n) is 2.66. The molecule has 0 bridgehead atoms. The Morgan fingerprint density at radius 2 is 1.60 bits per heavy atom. The summed E-state index contributed by atoms with van der Waals surface area (Å²) >= 11 is 0. The van der Waals surface area contributed by atoms with Crippen molar-refractivity contribution in [3.05, 3.63) is 0 Å². The average molecular weight is 400 g/mol. The zero-order chi connectivity index (χ0) is 11.1. The molecule has 0 heterocycles. The number of aliphatic carboxylic acids is 2. The van der Waals surface area contributed by atoms with Crippen LogP contribution in [-0.4, -0.2) is 33.3 Å². The quantitative estimate of drug-likeness (QED) is 0.269. The minimum absolute atomic E-state index is 0. The maximum atomic E-state index is 10.5. The van der Waals surface area contributed by atoms with E-state index in [1.165, 1.54) is 5.48 Å². The first-order valence-corrected chi connectivity index (χ1v) is 3.87. The van der Waals surface area contributed by atoms with E-state index in [2.05, 4.69) is 0 Å². The standard InChI is InChI=1S/C7H11NO6.Pt/c9-5(8-14)3-1-2-4(6(10)11)7(12)13;/h4,14H,1-3H2,(H,8,9)(H,10,11)(H,12,13);.